The lowest BCUT2D eigenvalue weighted by atomic mass is 10.0. The molecule has 8 heteroatoms. The van der Waals surface area contributed by atoms with Gasteiger partial charge in [-0.1, -0.05) is 36.4 Å². The lowest BCUT2D eigenvalue weighted by Gasteiger charge is -2.09. The fraction of sp³-hybridized carbons (Fsp3) is 0.143. The van der Waals surface area contributed by atoms with Crippen molar-refractivity contribution in [1.29, 1.82) is 0 Å². The number of hydrogen-bond donors (Lipinski definition) is 3. The molecule has 0 atom stereocenters. The predicted molar refractivity (Wildman–Crippen MR) is 113 cm³/mol. The van der Waals surface area contributed by atoms with E-state index in [2.05, 4.69) is 20.8 Å². The highest BCUT2D eigenvalue weighted by atomic mass is 32.1. The first-order valence-corrected chi connectivity index (χ1v) is 9.81. The number of hydrazine groups is 1. The molecule has 3 N–H and O–H groups in total. The Morgan fingerprint density at radius 3 is 2.66 bits per heavy atom. The molecule has 0 aliphatic carbocycles. The summed E-state index contributed by atoms with van der Waals surface area (Å²) >= 11 is 1.42. The minimum atomic E-state index is -0.480. The van der Waals surface area contributed by atoms with Crippen molar-refractivity contribution in [3.63, 3.8) is 0 Å². The first-order valence-electron chi connectivity index (χ1n) is 9.00. The number of fused-ring (bicyclic) bond motifs is 2. The summed E-state index contributed by atoms with van der Waals surface area (Å²) in [5.74, 6) is -0.650. The summed E-state index contributed by atoms with van der Waals surface area (Å²) < 4.78 is 0. The molecule has 0 radical (unpaired) electrons. The molecule has 0 saturated heterocycles. The number of thiophene rings is 1. The summed E-state index contributed by atoms with van der Waals surface area (Å²) in [5, 5.41) is 2.28. The fourth-order valence-electron chi connectivity index (χ4n) is 3.20. The van der Waals surface area contributed by atoms with E-state index in [-0.39, 0.29) is 17.8 Å². The number of H-pyrrole nitrogens is 1. The van der Waals surface area contributed by atoms with Crippen LogP contribution in [-0.4, -0.2) is 21.8 Å². The van der Waals surface area contributed by atoms with E-state index < -0.39 is 11.8 Å². The van der Waals surface area contributed by atoms with Crippen LogP contribution in [0.3, 0.4) is 0 Å². The highest BCUT2D eigenvalue weighted by Crippen LogP contribution is 2.25. The van der Waals surface area contributed by atoms with Crippen LogP contribution in [0, 0.1) is 13.8 Å². The van der Waals surface area contributed by atoms with Gasteiger partial charge in [0.1, 0.15) is 10.7 Å². The molecule has 4 aromatic rings. The number of benzene rings is 2. The summed E-state index contributed by atoms with van der Waals surface area (Å²) in [6.07, 6.45) is -0.156. The van der Waals surface area contributed by atoms with E-state index in [9.17, 15) is 14.4 Å². The smallest absolute Gasteiger partial charge is 0.270 e. The van der Waals surface area contributed by atoms with Crippen molar-refractivity contribution in [2.24, 2.45) is 0 Å². The average Bonchev–Trinajstić information content (AvgIpc) is 2.99. The molecule has 0 unspecified atom stereocenters. The second-order valence-corrected chi connectivity index (χ2v) is 7.89. The topological polar surface area (TPSA) is 104 Å². The fourth-order valence-corrected chi connectivity index (χ4v) is 4.25. The summed E-state index contributed by atoms with van der Waals surface area (Å²) in [7, 11) is 0. The number of aromatic nitrogens is 2. The van der Waals surface area contributed by atoms with E-state index >= 15 is 0 Å². The lowest BCUT2D eigenvalue weighted by Crippen LogP contribution is -2.42. The molecule has 2 aromatic carbocycles. The van der Waals surface area contributed by atoms with Crippen LogP contribution in [0.5, 0.6) is 0 Å². The van der Waals surface area contributed by atoms with Crippen LogP contribution in [0.25, 0.3) is 21.0 Å². The van der Waals surface area contributed by atoms with Crippen LogP contribution in [0.1, 0.15) is 26.6 Å². The highest BCUT2D eigenvalue weighted by Gasteiger charge is 2.15. The number of nitrogens with one attached hydrogen (secondary N) is 3. The largest absolute Gasteiger partial charge is 0.309 e. The number of rotatable bonds is 3. The first-order chi connectivity index (χ1) is 13.9. The number of carbonyl (C=O) groups excluding carboxylic acids is 2. The van der Waals surface area contributed by atoms with Crippen molar-refractivity contribution >= 4 is 44.1 Å². The number of hydrogen-bond acceptors (Lipinski definition) is 5. The second-order valence-electron chi connectivity index (χ2n) is 6.68. The number of nitrogens with zero attached hydrogens (tertiary/aromatic N) is 1. The zero-order chi connectivity index (χ0) is 20.5. The molecule has 0 spiro atoms. The minimum Gasteiger partial charge on any atom is -0.309 e. The van der Waals surface area contributed by atoms with Gasteiger partial charge >= 0.3 is 0 Å². The third kappa shape index (κ3) is 3.62. The quantitative estimate of drug-likeness (QED) is 0.455. The van der Waals surface area contributed by atoms with Gasteiger partial charge in [0.2, 0.25) is 5.91 Å². The average molecular weight is 406 g/mol. The van der Waals surface area contributed by atoms with E-state index in [1.165, 1.54) is 11.3 Å². The molecule has 2 aromatic heterocycles. The van der Waals surface area contributed by atoms with Crippen LogP contribution in [-0.2, 0) is 11.2 Å². The SMILES string of the molecule is Cc1sc2nc(CC(=O)NNC(=O)c3cccc4ccccc34)[nH]c(=O)c2c1C. The normalized spacial score (nSPS) is 11.0. The molecular formula is C21H18N4O3S. The Bertz CT molecular complexity index is 1320. The minimum absolute atomic E-state index is 0.156. The van der Waals surface area contributed by atoms with E-state index in [0.29, 0.717) is 15.8 Å². The predicted octanol–water partition coefficient (Wildman–Crippen LogP) is 2.76. The van der Waals surface area contributed by atoms with Crippen LogP contribution >= 0.6 is 11.3 Å². The molecule has 7 nitrogen and oxygen atoms in total. The standard InChI is InChI=1S/C21H18N4O3S/c1-11-12(2)29-21-18(11)20(28)22-16(23-21)10-17(26)24-25-19(27)15-9-5-7-13-6-3-4-8-14(13)15/h3-9H,10H2,1-2H3,(H,24,26)(H,25,27)(H,22,23,28). The molecule has 0 saturated carbocycles. The summed E-state index contributed by atoms with van der Waals surface area (Å²) in [6, 6.07) is 12.9. The van der Waals surface area contributed by atoms with E-state index in [0.717, 1.165) is 21.2 Å². The Balaban J connectivity index is 1.47. The number of amides is 2. The van der Waals surface area contributed by atoms with Crippen LogP contribution < -0.4 is 16.4 Å². The van der Waals surface area contributed by atoms with Crippen molar-refractivity contribution < 1.29 is 9.59 Å². The van der Waals surface area contributed by atoms with Gasteiger partial charge in [-0.3, -0.25) is 25.2 Å². The second kappa shape index (κ2) is 7.48. The molecule has 0 fully saturated rings. The maximum Gasteiger partial charge on any atom is 0.270 e. The van der Waals surface area contributed by atoms with Gasteiger partial charge in [0.05, 0.1) is 11.8 Å². The van der Waals surface area contributed by atoms with E-state index in [4.69, 9.17) is 0 Å². The van der Waals surface area contributed by atoms with Gasteiger partial charge in [-0.25, -0.2) is 4.98 Å². The third-order valence-electron chi connectivity index (χ3n) is 4.77. The lowest BCUT2D eigenvalue weighted by molar-refractivity contribution is -0.121. The van der Waals surface area contributed by atoms with Crippen molar-refractivity contribution in [2.75, 3.05) is 0 Å². The molecule has 2 amide bonds. The highest BCUT2D eigenvalue weighted by molar-refractivity contribution is 7.18. The molecular weight excluding hydrogens is 388 g/mol. The van der Waals surface area contributed by atoms with E-state index in [1.807, 2.05) is 44.2 Å². The van der Waals surface area contributed by atoms with Gasteiger partial charge in [0.15, 0.2) is 0 Å². The summed E-state index contributed by atoms with van der Waals surface area (Å²) in [6.45, 7) is 3.80. The Morgan fingerprint density at radius 1 is 1.07 bits per heavy atom. The van der Waals surface area contributed by atoms with Gasteiger partial charge in [-0.2, -0.15) is 0 Å². The van der Waals surface area contributed by atoms with Crippen LogP contribution in [0.2, 0.25) is 0 Å². The van der Waals surface area contributed by atoms with Crippen LogP contribution in [0.4, 0.5) is 0 Å². The maximum atomic E-state index is 12.5. The van der Waals surface area contributed by atoms with Crippen molar-refractivity contribution in [2.45, 2.75) is 20.3 Å². The van der Waals surface area contributed by atoms with E-state index in [1.54, 1.807) is 12.1 Å². The van der Waals surface area contributed by atoms with Crippen LogP contribution in [0.15, 0.2) is 47.3 Å². The van der Waals surface area contributed by atoms with Crippen molar-refractivity contribution in [3.8, 4) is 0 Å². The molecule has 2 heterocycles. The molecule has 0 aliphatic heterocycles. The van der Waals surface area contributed by atoms with Crippen molar-refractivity contribution in [3.05, 3.63) is 74.6 Å². The molecule has 0 bridgehead atoms. The zero-order valence-electron chi connectivity index (χ0n) is 15.8. The number of aromatic amines is 1. The molecule has 146 valence electrons. The van der Waals surface area contributed by atoms with Crippen molar-refractivity contribution in [1.82, 2.24) is 20.8 Å². The molecule has 29 heavy (non-hydrogen) atoms. The van der Waals surface area contributed by atoms with Gasteiger partial charge in [0, 0.05) is 10.4 Å². The monoisotopic (exact) mass is 406 g/mol. The zero-order valence-corrected chi connectivity index (χ0v) is 16.6. The Hall–Kier alpha value is -3.52. The molecule has 0 aliphatic rings. The number of carbonyl (C=O) groups is 2. The van der Waals surface area contributed by atoms with Gasteiger partial charge in [0.25, 0.3) is 11.5 Å². The number of aryl methyl sites for hydroxylation is 2. The Morgan fingerprint density at radius 2 is 1.83 bits per heavy atom. The Kier molecular flexibility index (Phi) is 4.85. The van der Waals surface area contributed by atoms with Gasteiger partial charge < -0.3 is 4.98 Å². The summed E-state index contributed by atoms with van der Waals surface area (Å²) in [4.78, 5) is 45.7. The Labute approximate surface area is 169 Å². The first kappa shape index (κ1) is 18.8. The maximum absolute atomic E-state index is 12.5. The molecule has 4 rings (SSSR count). The van der Waals surface area contributed by atoms with Gasteiger partial charge in [-0.05, 0) is 36.2 Å². The third-order valence-corrected chi connectivity index (χ3v) is 5.87. The summed E-state index contributed by atoms with van der Waals surface area (Å²) in [5.41, 5.74) is 5.90. The van der Waals surface area contributed by atoms with Gasteiger partial charge in [-0.15, -0.1) is 11.3 Å².